The Morgan fingerprint density at radius 2 is 2.10 bits per heavy atom. The van der Waals surface area contributed by atoms with Crippen LogP contribution in [-0.2, 0) is 11.3 Å². The number of rotatable bonds is 5. The number of aromatic hydroxyl groups is 1. The first-order valence-corrected chi connectivity index (χ1v) is 7.78. The minimum Gasteiger partial charge on any atom is -0.503 e. The summed E-state index contributed by atoms with van der Waals surface area (Å²) in [6.07, 6.45) is 2.11. The first-order valence-electron chi connectivity index (χ1n) is 6.99. The predicted octanol–water partition coefficient (Wildman–Crippen LogP) is 2.85. The molecule has 1 aliphatic heterocycles. The van der Waals surface area contributed by atoms with Gasteiger partial charge in [0.1, 0.15) is 0 Å². The number of hydrogen-bond donors (Lipinski definition) is 2. The van der Waals surface area contributed by atoms with Gasteiger partial charge in [0.25, 0.3) is 0 Å². The second kappa shape index (κ2) is 7.13. The number of methoxy groups -OCH3 is 1. The predicted molar refractivity (Wildman–Crippen MR) is 82.6 cm³/mol. The zero-order chi connectivity index (χ0) is 15.4. The highest BCUT2D eigenvalue weighted by Crippen LogP contribution is 2.35. The van der Waals surface area contributed by atoms with Crippen molar-refractivity contribution in [3.63, 3.8) is 0 Å². The molecule has 1 saturated heterocycles. The van der Waals surface area contributed by atoms with Crippen LogP contribution in [0.1, 0.15) is 24.8 Å². The fourth-order valence-corrected chi connectivity index (χ4v) is 3.22. The summed E-state index contributed by atoms with van der Waals surface area (Å²) >= 11 is 3.33. The molecule has 1 aromatic rings. The molecule has 21 heavy (non-hydrogen) atoms. The number of carbonyl (C=O) groups is 1. The summed E-state index contributed by atoms with van der Waals surface area (Å²) in [5.74, 6) is 0.155. The van der Waals surface area contributed by atoms with Crippen LogP contribution in [-0.4, -0.2) is 41.3 Å². The van der Waals surface area contributed by atoms with Crippen molar-refractivity contribution in [3.05, 3.63) is 22.2 Å². The van der Waals surface area contributed by atoms with E-state index in [0.29, 0.717) is 16.1 Å². The van der Waals surface area contributed by atoms with E-state index in [0.717, 1.165) is 38.0 Å². The third kappa shape index (κ3) is 4.35. The Balaban J connectivity index is 1.94. The number of aliphatic carboxylic acids is 1. The van der Waals surface area contributed by atoms with Crippen molar-refractivity contribution in [2.45, 2.75) is 25.8 Å². The lowest BCUT2D eigenvalue weighted by atomic mass is 9.93. The van der Waals surface area contributed by atoms with Crippen molar-refractivity contribution in [3.8, 4) is 11.5 Å². The summed E-state index contributed by atoms with van der Waals surface area (Å²) in [5, 5.41) is 18.6. The molecule has 0 aromatic heterocycles. The Morgan fingerprint density at radius 3 is 2.67 bits per heavy atom. The highest BCUT2D eigenvalue weighted by Gasteiger charge is 2.21. The molecule has 0 bridgehead atoms. The second-order valence-corrected chi connectivity index (χ2v) is 6.30. The summed E-state index contributed by atoms with van der Waals surface area (Å²) < 4.78 is 5.78. The van der Waals surface area contributed by atoms with Crippen molar-refractivity contribution < 1.29 is 19.7 Å². The monoisotopic (exact) mass is 357 g/mol. The molecule has 0 atom stereocenters. The molecule has 5 nitrogen and oxygen atoms in total. The number of carboxylic acids is 1. The maximum Gasteiger partial charge on any atom is 0.303 e. The van der Waals surface area contributed by atoms with Gasteiger partial charge < -0.3 is 14.9 Å². The molecule has 1 aliphatic rings. The van der Waals surface area contributed by atoms with E-state index >= 15 is 0 Å². The molecular formula is C15H20BrNO4. The lowest BCUT2D eigenvalue weighted by molar-refractivity contribution is -0.138. The molecule has 6 heteroatoms. The first-order chi connectivity index (χ1) is 9.99. The van der Waals surface area contributed by atoms with Gasteiger partial charge in [-0.25, -0.2) is 0 Å². The van der Waals surface area contributed by atoms with E-state index < -0.39 is 5.97 Å². The number of phenols is 1. The number of piperidine rings is 1. The van der Waals surface area contributed by atoms with Crippen LogP contribution in [0.5, 0.6) is 11.5 Å². The molecule has 1 fully saturated rings. The Labute approximate surface area is 132 Å². The second-order valence-electron chi connectivity index (χ2n) is 5.45. The van der Waals surface area contributed by atoms with Crippen molar-refractivity contribution in [2.24, 2.45) is 5.92 Å². The van der Waals surface area contributed by atoms with Gasteiger partial charge in [-0.3, -0.25) is 9.69 Å². The number of ether oxygens (including phenoxy) is 1. The van der Waals surface area contributed by atoms with E-state index in [2.05, 4.69) is 20.8 Å². The topological polar surface area (TPSA) is 70.0 Å². The third-order valence-corrected chi connectivity index (χ3v) is 4.49. The van der Waals surface area contributed by atoms with E-state index in [9.17, 15) is 9.90 Å². The molecule has 2 rings (SSSR count). The Hall–Kier alpha value is -1.27. The summed E-state index contributed by atoms with van der Waals surface area (Å²) in [6, 6.07) is 3.73. The Bertz CT molecular complexity index is 513. The lowest BCUT2D eigenvalue weighted by Crippen LogP contribution is -2.33. The zero-order valence-electron chi connectivity index (χ0n) is 12.0. The first kappa shape index (κ1) is 16.1. The van der Waals surface area contributed by atoms with Crippen molar-refractivity contribution in [2.75, 3.05) is 20.2 Å². The maximum absolute atomic E-state index is 10.7. The molecule has 1 heterocycles. The van der Waals surface area contributed by atoms with Crippen LogP contribution in [0.2, 0.25) is 0 Å². The average molecular weight is 358 g/mol. The molecular weight excluding hydrogens is 338 g/mol. The van der Waals surface area contributed by atoms with Crippen LogP contribution in [0, 0.1) is 5.92 Å². The van der Waals surface area contributed by atoms with Crippen molar-refractivity contribution >= 4 is 21.9 Å². The third-order valence-electron chi connectivity index (χ3n) is 3.88. The van der Waals surface area contributed by atoms with Gasteiger partial charge in [0.2, 0.25) is 0 Å². The molecule has 1 aromatic carbocycles. The standard InChI is InChI=1S/C15H20BrNO4/c1-21-13-7-11(6-12(16)15(13)20)9-17-4-2-10(3-5-17)8-14(18)19/h6-7,10,20H,2-5,8-9H2,1H3,(H,18,19). The highest BCUT2D eigenvalue weighted by atomic mass is 79.9. The van der Waals surface area contributed by atoms with Crippen molar-refractivity contribution in [1.82, 2.24) is 4.90 Å². The van der Waals surface area contributed by atoms with Gasteiger partial charge in [-0.05, 0) is 65.5 Å². The molecule has 0 radical (unpaired) electrons. The van der Waals surface area contributed by atoms with E-state index in [1.807, 2.05) is 12.1 Å². The fourth-order valence-electron chi connectivity index (χ4n) is 2.73. The number of phenolic OH excluding ortho intramolecular Hbond substituents is 1. The van der Waals surface area contributed by atoms with Gasteiger partial charge in [0.15, 0.2) is 11.5 Å². The van der Waals surface area contributed by atoms with Gasteiger partial charge in [0, 0.05) is 13.0 Å². The normalized spacial score (nSPS) is 16.9. The molecule has 2 N–H and O–H groups in total. The van der Waals surface area contributed by atoms with Gasteiger partial charge in [-0.1, -0.05) is 0 Å². The van der Waals surface area contributed by atoms with Gasteiger partial charge in [-0.2, -0.15) is 0 Å². The van der Waals surface area contributed by atoms with Crippen LogP contribution >= 0.6 is 15.9 Å². The van der Waals surface area contributed by atoms with Crippen LogP contribution in [0.15, 0.2) is 16.6 Å². The van der Waals surface area contributed by atoms with E-state index in [1.165, 1.54) is 7.11 Å². The molecule has 0 unspecified atom stereocenters. The smallest absolute Gasteiger partial charge is 0.303 e. The number of benzene rings is 1. The van der Waals surface area contributed by atoms with Crippen LogP contribution in [0.3, 0.4) is 0 Å². The van der Waals surface area contributed by atoms with Crippen LogP contribution in [0.25, 0.3) is 0 Å². The molecule has 0 amide bonds. The van der Waals surface area contributed by atoms with Gasteiger partial charge in [-0.15, -0.1) is 0 Å². The molecule has 0 spiro atoms. The van der Waals surface area contributed by atoms with E-state index in [-0.39, 0.29) is 12.2 Å². The number of likely N-dealkylation sites (tertiary alicyclic amines) is 1. The van der Waals surface area contributed by atoms with Crippen LogP contribution in [0.4, 0.5) is 0 Å². The Kier molecular flexibility index (Phi) is 5.47. The number of halogens is 1. The SMILES string of the molecule is COc1cc(CN2CCC(CC(=O)O)CC2)cc(Br)c1O. The largest absolute Gasteiger partial charge is 0.503 e. The minimum absolute atomic E-state index is 0.112. The van der Waals surface area contributed by atoms with E-state index in [4.69, 9.17) is 9.84 Å². The minimum atomic E-state index is -0.708. The fraction of sp³-hybridized carbons (Fsp3) is 0.533. The van der Waals surface area contributed by atoms with Gasteiger partial charge in [0.05, 0.1) is 11.6 Å². The molecule has 0 aliphatic carbocycles. The number of nitrogens with zero attached hydrogens (tertiary/aromatic N) is 1. The molecule has 0 saturated carbocycles. The lowest BCUT2D eigenvalue weighted by Gasteiger charge is -2.31. The summed E-state index contributed by atoms with van der Waals surface area (Å²) in [6.45, 7) is 2.58. The zero-order valence-corrected chi connectivity index (χ0v) is 13.6. The average Bonchev–Trinajstić information content (AvgIpc) is 2.44. The number of carboxylic acid groups (broad SMARTS) is 1. The van der Waals surface area contributed by atoms with Gasteiger partial charge >= 0.3 is 5.97 Å². The quantitative estimate of drug-likeness (QED) is 0.847. The Morgan fingerprint density at radius 1 is 1.43 bits per heavy atom. The number of hydrogen-bond acceptors (Lipinski definition) is 4. The van der Waals surface area contributed by atoms with Crippen LogP contribution < -0.4 is 4.74 Å². The summed E-state index contributed by atoms with van der Waals surface area (Å²) in [5.41, 5.74) is 1.06. The highest BCUT2D eigenvalue weighted by molar-refractivity contribution is 9.10. The van der Waals surface area contributed by atoms with Crippen molar-refractivity contribution in [1.29, 1.82) is 0 Å². The molecule has 116 valence electrons. The summed E-state index contributed by atoms with van der Waals surface area (Å²) in [7, 11) is 1.53. The maximum atomic E-state index is 10.7. The summed E-state index contributed by atoms with van der Waals surface area (Å²) in [4.78, 5) is 13.0. The van der Waals surface area contributed by atoms with E-state index in [1.54, 1.807) is 0 Å².